The molecule has 1 aromatic heterocycles. The zero-order valence-electron chi connectivity index (χ0n) is 8.25. The quantitative estimate of drug-likeness (QED) is 0.729. The minimum atomic E-state index is -0.439. The van der Waals surface area contributed by atoms with E-state index in [1.165, 1.54) is 0 Å². The number of nitrogens with two attached hydrogens (primary N) is 1. The number of nitrogens with one attached hydrogen (secondary N) is 2. The first kappa shape index (κ1) is 11.7. The van der Waals surface area contributed by atoms with E-state index in [-0.39, 0.29) is 6.54 Å². The predicted octanol–water partition coefficient (Wildman–Crippen LogP) is 0.568. The fourth-order valence-corrected chi connectivity index (χ4v) is 1.24. The van der Waals surface area contributed by atoms with Crippen LogP contribution in [0, 0.1) is 0 Å². The van der Waals surface area contributed by atoms with Crippen molar-refractivity contribution >= 4 is 33.6 Å². The third kappa shape index (κ3) is 3.70. The Labute approximate surface area is 95.8 Å². The average molecular weight is 274 g/mol. The number of anilines is 2. The Morgan fingerprint density at radius 3 is 2.93 bits per heavy atom. The van der Waals surface area contributed by atoms with Crippen LogP contribution in [-0.2, 0) is 4.79 Å². The summed E-state index contributed by atoms with van der Waals surface area (Å²) < 4.78 is 0.686. The number of carbonyl (C=O) groups is 1. The molecule has 82 valence electrons. The van der Waals surface area contributed by atoms with Crippen molar-refractivity contribution in [1.29, 1.82) is 0 Å². The number of nitrogens with zero attached hydrogens (tertiary/aromatic N) is 2. The van der Waals surface area contributed by atoms with Gasteiger partial charge in [0, 0.05) is 12.7 Å². The van der Waals surface area contributed by atoms with Crippen LogP contribution in [-0.4, -0.2) is 29.0 Å². The molecule has 4 N–H and O–H groups in total. The van der Waals surface area contributed by atoms with E-state index in [0.717, 1.165) is 6.54 Å². The minimum absolute atomic E-state index is 0.0428. The number of aromatic nitrogens is 2. The Bertz CT molecular complexity index is 357. The molecule has 1 rings (SSSR count). The van der Waals surface area contributed by atoms with E-state index in [4.69, 9.17) is 5.73 Å². The summed E-state index contributed by atoms with van der Waals surface area (Å²) in [7, 11) is 0. The lowest BCUT2D eigenvalue weighted by molar-refractivity contribution is -0.116. The lowest BCUT2D eigenvalue weighted by Gasteiger charge is -2.07. The SMILES string of the molecule is CCNc1ncc(Br)c(NCC(N)=O)n1. The van der Waals surface area contributed by atoms with Crippen molar-refractivity contribution in [2.24, 2.45) is 5.73 Å². The average Bonchev–Trinajstić information content (AvgIpc) is 2.19. The van der Waals surface area contributed by atoms with Gasteiger partial charge in [-0.25, -0.2) is 4.98 Å². The molecule has 1 amide bonds. The summed E-state index contributed by atoms with van der Waals surface area (Å²) in [6, 6.07) is 0. The van der Waals surface area contributed by atoms with Gasteiger partial charge in [0.15, 0.2) is 0 Å². The Hall–Kier alpha value is -1.37. The molecule has 0 bridgehead atoms. The lowest BCUT2D eigenvalue weighted by Crippen LogP contribution is -2.22. The van der Waals surface area contributed by atoms with Crippen LogP contribution >= 0.6 is 15.9 Å². The molecule has 1 heterocycles. The molecule has 0 radical (unpaired) electrons. The fraction of sp³-hybridized carbons (Fsp3) is 0.375. The van der Waals surface area contributed by atoms with E-state index in [1.54, 1.807) is 6.20 Å². The van der Waals surface area contributed by atoms with Crippen molar-refractivity contribution in [2.75, 3.05) is 23.7 Å². The molecular formula is C8H12BrN5O. The van der Waals surface area contributed by atoms with E-state index in [1.807, 2.05) is 6.92 Å². The van der Waals surface area contributed by atoms with Crippen LogP contribution in [0.4, 0.5) is 11.8 Å². The molecule has 0 aromatic carbocycles. The summed E-state index contributed by atoms with van der Waals surface area (Å²) in [5.41, 5.74) is 5.01. The zero-order chi connectivity index (χ0) is 11.3. The highest BCUT2D eigenvalue weighted by atomic mass is 79.9. The molecule has 0 saturated heterocycles. The van der Waals surface area contributed by atoms with Crippen molar-refractivity contribution in [3.63, 3.8) is 0 Å². The van der Waals surface area contributed by atoms with Crippen molar-refractivity contribution in [1.82, 2.24) is 9.97 Å². The van der Waals surface area contributed by atoms with Gasteiger partial charge >= 0.3 is 0 Å². The predicted molar refractivity (Wildman–Crippen MR) is 61.6 cm³/mol. The van der Waals surface area contributed by atoms with E-state index >= 15 is 0 Å². The van der Waals surface area contributed by atoms with Crippen molar-refractivity contribution in [3.05, 3.63) is 10.7 Å². The molecule has 6 nitrogen and oxygen atoms in total. The summed E-state index contributed by atoms with van der Waals surface area (Å²) in [6.07, 6.45) is 1.61. The Morgan fingerprint density at radius 1 is 1.60 bits per heavy atom. The van der Waals surface area contributed by atoms with Gasteiger partial charge in [-0.05, 0) is 22.9 Å². The van der Waals surface area contributed by atoms with Gasteiger partial charge < -0.3 is 16.4 Å². The first-order valence-electron chi connectivity index (χ1n) is 4.42. The van der Waals surface area contributed by atoms with Crippen LogP contribution in [0.15, 0.2) is 10.7 Å². The smallest absolute Gasteiger partial charge is 0.236 e. The van der Waals surface area contributed by atoms with Crippen molar-refractivity contribution in [3.8, 4) is 0 Å². The molecule has 0 saturated carbocycles. The van der Waals surface area contributed by atoms with Crippen LogP contribution < -0.4 is 16.4 Å². The molecule has 0 fully saturated rings. The monoisotopic (exact) mass is 273 g/mol. The van der Waals surface area contributed by atoms with Gasteiger partial charge in [0.2, 0.25) is 11.9 Å². The second kappa shape index (κ2) is 5.50. The molecule has 0 aliphatic heterocycles. The highest BCUT2D eigenvalue weighted by Gasteiger charge is 2.04. The van der Waals surface area contributed by atoms with Crippen LogP contribution in [0.5, 0.6) is 0 Å². The summed E-state index contributed by atoms with van der Waals surface area (Å²) in [6.45, 7) is 2.72. The maximum atomic E-state index is 10.6. The Morgan fingerprint density at radius 2 is 2.33 bits per heavy atom. The van der Waals surface area contributed by atoms with Gasteiger partial charge in [-0.15, -0.1) is 0 Å². The van der Waals surface area contributed by atoms with Crippen LogP contribution in [0.2, 0.25) is 0 Å². The molecular weight excluding hydrogens is 262 g/mol. The van der Waals surface area contributed by atoms with Gasteiger partial charge in [-0.3, -0.25) is 4.79 Å². The lowest BCUT2D eigenvalue weighted by atomic mass is 10.5. The largest absolute Gasteiger partial charge is 0.368 e. The van der Waals surface area contributed by atoms with Gasteiger partial charge in [0.05, 0.1) is 11.0 Å². The highest BCUT2D eigenvalue weighted by molar-refractivity contribution is 9.10. The molecule has 0 aliphatic rings. The third-order valence-corrected chi connectivity index (χ3v) is 2.09. The third-order valence-electron chi connectivity index (χ3n) is 1.51. The maximum absolute atomic E-state index is 10.6. The standard InChI is InChI=1S/C8H12BrN5O/c1-2-11-8-13-3-5(9)7(14-8)12-4-6(10)15/h3H,2,4H2,1H3,(H2,10,15)(H2,11,12,13,14). The van der Waals surface area contributed by atoms with E-state index in [0.29, 0.717) is 16.2 Å². The molecule has 1 aromatic rings. The number of hydrogen-bond acceptors (Lipinski definition) is 5. The summed E-state index contributed by atoms with van der Waals surface area (Å²) in [5.74, 6) is 0.609. The fourth-order valence-electron chi connectivity index (χ4n) is 0.905. The van der Waals surface area contributed by atoms with Gasteiger partial charge in [-0.1, -0.05) is 0 Å². The first-order chi connectivity index (χ1) is 7.13. The first-order valence-corrected chi connectivity index (χ1v) is 5.21. The van der Waals surface area contributed by atoms with E-state index in [2.05, 4.69) is 36.5 Å². The molecule has 0 spiro atoms. The number of amides is 1. The second-order valence-corrected chi connectivity index (χ2v) is 3.59. The van der Waals surface area contributed by atoms with E-state index < -0.39 is 5.91 Å². The highest BCUT2D eigenvalue weighted by Crippen LogP contribution is 2.19. The number of halogens is 1. The number of hydrogen-bond donors (Lipinski definition) is 3. The van der Waals surface area contributed by atoms with E-state index in [9.17, 15) is 4.79 Å². The van der Waals surface area contributed by atoms with Crippen molar-refractivity contribution in [2.45, 2.75) is 6.92 Å². The molecule has 7 heteroatoms. The zero-order valence-corrected chi connectivity index (χ0v) is 9.84. The normalized spacial score (nSPS) is 9.73. The van der Waals surface area contributed by atoms with Gasteiger partial charge in [0.25, 0.3) is 0 Å². The van der Waals surface area contributed by atoms with Crippen molar-refractivity contribution < 1.29 is 4.79 Å². The van der Waals surface area contributed by atoms with Gasteiger partial charge in [-0.2, -0.15) is 4.98 Å². The van der Waals surface area contributed by atoms with Crippen LogP contribution in [0.1, 0.15) is 6.92 Å². The number of primary amides is 1. The molecule has 0 atom stereocenters. The van der Waals surface area contributed by atoms with Crippen LogP contribution in [0.25, 0.3) is 0 Å². The maximum Gasteiger partial charge on any atom is 0.236 e. The molecule has 0 unspecified atom stereocenters. The Kier molecular flexibility index (Phi) is 4.29. The van der Waals surface area contributed by atoms with Crippen LogP contribution in [0.3, 0.4) is 0 Å². The summed E-state index contributed by atoms with van der Waals surface area (Å²) in [4.78, 5) is 18.8. The minimum Gasteiger partial charge on any atom is -0.368 e. The second-order valence-electron chi connectivity index (χ2n) is 2.74. The summed E-state index contributed by atoms with van der Waals surface area (Å²) >= 11 is 3.26. The Balaban J connectivity index is 2.75. The molecule has 15 heavy (non-hydrogen) atoms. The number of carbonyl (C=O) groups excluding carboxylic acids is 1. The topological polar surface area (TPSA) is 92.9 Å². The molecule has 0 aliphatic carbocycles. The number of rotatable bonds is 5. The summed E-state index contributed by atoms with van der Waals surface area (Å²) in [5, 5.41) is 5.76. The van der Waals surface area contributed by atoms with Gasteiger partial charge in [0.1, 0.15) is 5.82 Å².